The molecule has 0 aliphatic rings. The molecule has 0 radical (unpaired) electrons. The van der Waals surface area contributed by atoms with E-state index >= 15 is 0 Å². The summed E-state index contributed by atoms with van der Waals surface area (Å²) in [7, 11) is 0. The number of fused-ring (bicyclic) bond motifs is 1. The number of benzene rings is 1. The normalized spacial score (nSPS) is 10.5. The molecule has 100 valence electrons. The van der Waals surface area contributed by atoms with Gasteiger partial charge in [0.05, 0.1) is 5.75 Å². The number of thioether (sulfide) groups is 1. The van der Waals surface area contributed by atoms with Crippen molar-refractivity contribution in [3.63, 3.8) is 0 Å². The lowest BCUT2D eigenvalue weighted by Gasteiger charge is -2.04. The summed E-state index contributed by atoms with van der Waals surface area (Å²) in [6.07, 6.45) is 4.68. The summed E-state index contributed by atoms with van der Waals surface area (Å²) in [5.41, 5.74) is 2.39. The molecule has 2 rings (SSSR count). The summed E-state index contributed by atoms with van der Waals surface area (Å²) in [6, 6.07) is 8.21. The number of para-hydroxylation sites is 1. The zero-order valence-corrected chi connectivity index (χ0v) is 11.6. The van der Waals surface area contributed by atoms with E-state index in [9.17, 15) is 4.79 Å². The Morgan fingerprint density at radius 3 is 3.11 bits per heavy atom. The number of carbonyl (C=O) groups excluding carboxylic acids is 1. The summed E-state index contributed by atoms with van der Waals surface area (Å²) in [5.74, 6) is 1.40. The quantitative estimate of drug-likeness (QED) is 0.602. The number of H-pyrrole nitrogens is 1. The van der Waals surface area contributed by atoms with E-state index in [0.29, 0.717) is 12.3 Å². The molecule has 2 N–H and O–H groups in total. The number of carbonyl (C=O) groups is 1. The standard InChI is InChI=1S/C15H18N2OS/c1-2-9-19-11-15(18)16-8-7-12-10-17-14-6-4-3-5-13(12)14/h2-6,10,17H,1,7-9,11H2,(H,16,18). The highest BCUT2D eigenvalue weighted by Gasteiger charge is 2.04. The minimum Gasteiger partial charge on any atom is -0.361 e. The van der Waals surface area contributed by atoms with Gasteiger partial charge in [-0.1, -0.05) is 24.3 Å². The molecule has 2 aromatic rings. The molecule has 0 atom stereocenters. The molecule has 0 unspecified atom stereocenters. The number of rotatable bonds is 7. The molecule has 4 heteroatoms. The summed E-state index contributed by atoms with van der Waals surface area (Å²) in [6.45, 7) is 4.30. The second-order valence-electron chi connectivity index (χ2n) is 4.26. The van der Waals surface area contributed by atoms with Crippen LogP contribution >= 0.6 is 11.8 Å². The van der Waals surface area contributed by atoms with Crippen molar-refractivity contribution in [2.24, 2.45) is 0 Å². The average Bonchev–Trinajstić information content (AvgIpc) is 2.83. The van der Waals surface area contributed by atoms with Crippen molar-refractivity contribution >= 4 is 28.6 Å². The molecule has 1 aromatic heterocycles. The van der Waals surface area contributed by atoms with Gasteiger partial charge in [0.25, 0.3) is 0 Å². The largest absolute Gasteiger partial charge is 0.361 e. The Kier molecular flexibility index (Phi) is 5.10. The second kappa shape index (κ2) is 7.04. The minimum absolute atomic E-state index is 0.0895. The Hall–Kier alpha value is -1.68. The summed E-state index contributed by atoms with van der Waals surface area (Å²) >= 11 is 1.58. The van der Waals surface area contributed by atoms with E-state index < -0.39 is 0 Å². The van der Waals surface area contributed by atoms with Crippen LogP contribution in [0.5, 0.6) is 0 Å². The number of hydrogen-bond donors (Lipinski definition) is 2. The van der Waals surface area contributed by atoms with Gasteiger partial charge in [0.2, 0.25) is 5.91 Å². The number of aromatic nitrogens is 1. The van der Waals surface area contributed by atoms with Crippen molar-refractivity contribution in [3.8, 4) is 0 Å². The fraction of sp³-hybridized carbons (Fsp3) is 0.267. The number of aromatic amines is 1. The molecule has 1 aromatic carbocycles. The Bertz CT molecular complexity index is 562. The van der Waals surface area contributed by atoms with Crippen LogP contribution in [0.25, 0.3) is 10.9 Å². The van der Waals surface area contributed by atoms with Gasteiger partial charge in [0, 0.05) is 29.4 Å². The van der Waals surface area contributed by atoms with Gasteiger partial charge in [-0.25, -0.2) is 0 Å². The predicted molar refractivity (Wildman–Crippen MR) is 82.5 cm³/mol. The maximum atomic E-state index is 11.5. The first-order valence-electron chi connectivity index (χ1n) is 6.31. The van der Waals surface area contributed by atoms with Crippen molar-refractivity contribution in [2.45, 2.75) is 6.42 Å². The van der Waals surface area contributed by atoms with Crippen molar-refractivity contribution in [2.75, 3.05) is 18.1 Å². The molecule has 0 saturated carbocycles. The maximum Gasteiger partial charge on any atom is 0.230 e. The molecular weight excluding hydrogens is 256 g/mol. The zero-order valence-electron chi connectivity index (χ0n) is 10.8. The molecule has 19 heavy (non-hydrogen) atoms. The van der Waals surface area contributed by atoms with Gasteiger partial charge in [-0.05, 0) is 18.1 Å². The Morgan fingerprint density at radius 2 is 2.26 bits per heavy atom. The molecule has 0 fully saturated rings. The van der Waals surface area contributed by atoms with Crippen molar-refractivity contribution in [3.05, 3.63) is 48.7 Å². The lowest BCUT2D eigenvalue weighted by atomic mass is 10.1. The lowest BCUT2D eigenvalue weighted by molar-refractivity contribution is -0.118. The van der Waals surface area contributed by atoms with Gasteiger partial charge in [0.15, 0.2) is 0 Å². The molecule has 0 aliphatic heterocycles. The van der Waals surface area contributed by atoms with Crippen molar-refractivity contribution in [1.82, 2.24) is 10.3 Å². The Labute approximate surface area is 117 Å². The first-order chi connectivity index (χ1) is 9.31. The van der Waals surface area contributed by atoms with Crippen LogP contribution < -0.4 is 5.32 Å². The summed E-state index contributed by atoms with van der Waals surface area (Å²) in [5, 5.41) is 4.17. The molecule has 1 amide bonds. The third-order valence-electron chi connectivity index (χ3n) is 2.86. The fourth-order valence-electron chi connectivity index (χ4n) is 1.96. The molecule has 0 bridgehead atoms. The van der Waals surface area contributed by atoms with Crippen LogP contribution in [0.15, 0.2) is 43.1 Å². The number of nitrogens with one attached hydrogen (secondary N) is 2. The van der Waals surface area contributed by atoms with E-state index in [1.165, 1.54) is 10.9 Å². The van der Waals surface area contributed by atoms with E-state index in [2.05, 4.69) is 29.0 Å². The topological polar surface area (TPSA) is 44.9 Å². The van der Waals surface area contributed by atoms with E-state index in [1.54, 1.807) is 11.8 Å². The first-order valence-corrected chi connectivity index (χ1v) is 7.47. The smallest absolute Gasteiger partial charge is 0.230 e. The molecular formula is C15H18N2OS. The van der Waals surface area contributed by atoms with Gasteiger partial charge in [-0.15, -0.1) is 18.3 Å². The van der Waals surface area contributed by atoms with Crippen LogP contribution in [0, 0.1) is 0 Å². The van der Waals surface area contributed by atoms with Crippen LogP contribution in [0.2, 0.25) is 0 Å². The third kappa shape index (κ3) is 3.89. The molecule has 0 spiro atoms. The monoisotopic (exact) mass is 274 g/mol. The van der Waals surface area contributed by atoms with Crippen LogP contribution in [0.4, 0.5) is 0 Å². The Balaban J connectivity index is 1.79. The molecule has 3 nitrogen and oxygen atoms in total. The highest BCUT2D eigenvalue weighted by Crippen LogP contribution is 2.17. The van der Waals surface area contributed by atoms with E-state index in [1.807, 2.05) is 24.4 Å². The highest BCUT2D eigenvalue weighted by atomic mass is 32.2. The van der Waals surface area contributed by atoms with Crippen LogP contribution in [-0.2, 0) is 11.2 Å². The third-order valence-corrected chi connectivity index (χ3v) is 3.80. The van der Waals surface area contributed by atoms with Gasteiger partial charge in [0.1, 0.15) is 0 Å². The average molecular weight is 274 g/mol. The summed E-state index contributed by atoms with van der Waals surface area (Å²) in [4.78, 5) is 14.8. The van der Waals surface area contributed by atoms with Gasteiger partial charge >= 0.3 is 0 Å². The molecule has 0 aliphatic carbocycles. The van der Waals surface area contributed by atoms with E-state index in [0.717, 1.165) is 17.7 Å². The maximum absolute atomic E-state index is 11.5. The fourth-order valence-corrected chi connectivity index (χ4v) is 2.53. The Morgan fingerprint density at radius 1 is 1.42 bits per heavy atom. The van der Waals surface area contributed by atoms with Gasteiger partial charge in [-0.2, -0.15) is 0 Å². The van der Waals surface area contributed by atoms with Crippen molar-refractivity contribution < 1.29 is 4.79 Å². The van der Waals surface area contributed by atoms with Crippen LogP contribution in [0.3, 0.4) is 0 Å². The number of amides is 1. The van der Waals surface area contributed by atoms with Gasteiger partial charge in [-0.3, -0.25) is 4.79 Å². The van der Waals surface area contributed by atoms with E-state index in [4.69, 9.17) is 0 Å². The first kappa shape index (κ1) is 13.7. The number of hydrogen-bond acceptors (Lipinski definition) is 2. The van der Waals surface area contributed by atoms with Crippen molar-refractivity contribution in [1.29, 1.82) is 0 Å². The predicted octanol–water partition coefficient (Wildman–Crippen LogP) is 2.75. The van der Waals surface area contributed by atoms with E-state index in [-0.39, 0.29) is 5.91 Å². The second-order valence-corrected chi connectivity index (χ2v) is 5.29. The molecule has 1 heterocycles. The van der Waals surface area contributed by atoms with Crippen LogP contribution in [0.1, 0.15) is 5.56 Å². The SMILES string of the molecule is C=CCSCC(=O)NCCc1c[nH]c2ccccc12. The lowest BCUT2D eigenvalue weighted by Crippen LogP contribution is -2.27. The summed E-state index contributed by atoms with van der Waals surface area (Å²) < 4.78 is 0. The van der Waals surface area contributed by atoms with Crippen LogP contribution in [-0.4, -0.2) is 28.9 Å². The zero-order chi connectivity index (χ0) is 13.5. The highest BCUT2D eigenvalue weighted by molar-refractivity contribution is 8.00. The van der Waals surface area contributed by atoms with Gasteiger partial charge < -0.3 is 10.3 Å². The minimum atomic E-state index is 0.0895. The molecule has 0 saturated heterocycles.